The number of carboxylic acids is 1. The second kappa shape index (κ2) is 5.92. The van der Waals surface area contributed by atoms with Crippen molar-refractivity contribution in [3.63, 3.8) is 0 Å². The van der Waals surface area contributed by atoms with Crippen molar-refractivity contribution in [3.8, 4) is 0 Å². The standard InChI is InChI=1S/C13H13BrClNO3/c14-7-4-5-8(10(15)6-7)12(17)16-11-3-1-2-9(11)13(18)19/h4-6,9,11H,1-3H2,(H,16,17)(H,18,19)/t9-,11+/m1/s1. The first-order valence-electron chi connectivity index (χ1n) is 5.98. The molecule has 0 radical (unpaired) electrons. The van der Waals surface area contributed by atoms with Crippen LogP contribution in [-0.2, 0) is 4.79 Å². The molecule has 1 aromatic rings. The van der Waals surface area contributed by atoms with Crippen LogP contribution < -0.4 is 5.32 Å². The Morgan fingerprint density at radius 2 is 2.11 bits per heavy atom. The molecule has 1 aromatic carbocycles. The van der Waals surface area contributed by atoms with E-state index in [0.717, 1.165) is 10.9 Å². The third kappa shape index (κ3) is 3.28. The molecular formula is C13H13BrClNO3. The number of hydrogen-bond donors (Lipinski definition) is 2. The van der Waals surface area contributed by atoms with Gasteiger partial charge in [-0.05, 0) is 31.0 Å². The Labute approximate surface area is 124 Å². The molecule has 0 aliphatic heterocycles. The fourth-order valence-corrected chi connectivity index (χ4v) is 3.11. The van der Waals surface area contributed by atoms with E-state index < -0.39 is 11.9 Å². The molecular weight excluding hydrogens is 334 g/mol. The Hall–Kier alpha value is -1.07. The predicted molar refractivity (Wildman–Crippen MR) is 75.4 cm³/mol. The number of carbonyl (C=O) groups is 2. The molecule has 0 unspecified atom stereocenters. The highest BCUT2D eigenvalue weighted by Crippen LogP contribution is 2.27. The lowest BCUT2D eigenvalue weighted by Crippen LogP contribution is -2.40. The Bertz CT molecular complexity index is 521. The number of hydrogen-bond acceptors (Lipinski definition) is 2. The van der Waals surface area contributed by atoms with Crippen LogP contribution in [0.15, 0.2) is 22.7 Å². The first kappa shape index (κ1) is 14.3. The Balaban J connectivity index is 2.10. The maximum absolute atomic E-state index is 12.1. The summed E-state index contributed by atoms with van der Waals surface area (Å²) in [5.74, 6) is -1.68. The molecule has 1 fully saturated rings. The Morgan fingerprint density at radius 3 is 2.74 bits per heavy atom. The summed E-state index contributed by atoms with van der Waals surface area (Å²) in [5.41, 5.74) is 0.362. The molecule has 0 saturated heterocycles. The van der Waals surface area contributed by atoms with E-state index in [9.17, 15) is 9.59 Å². The summed E-state index contributed by atoms with van der Waals surface area (Å²) in [4.78, 5) is 23.2. The van der Waals surface area contributed by atoms with Gasteiger partial charge in [0.1, 0.15) is 0 Å². The monoisotopic (exact) mass is 345 g/mol. The van der Waals surface area contributed by atoms with Gasteiger partial charge in [-0.3, -0.25) is 9.59 Å². The van der Waals surface area contributed by atoms with Crippen LogP contribution >= 0.6 is 27.5 Å². The number of benzene rings is 1. The Kier molecular flexibility index (Phi) is 4.47. The molecule has 6 heteroatoms. The van der Waals surface area contributed by atoms with Crippen molar-refractivity contribution in [3.05, 3.63) is 33.3 Å². The van der Waals surface area contributed by atoms with Crippen LogP contribution in [-0.4, -0.2) is 23.0 Å². The second-order valence-electron chi connectivity index (χ2n) is 4.58. The molecule has 102 valence electrons. The molecule has 2 N–H and O–H groups in total. The van der Waals surface area contributed by atoms with E-state index in [0.29, 0.717) is 23.4 Å². The summed E-state index contributed by atoms with van der Waals surface area (Å²) in [6.45, 7) is 0. The quantitative estimate of drug-likeness (QED) is 0.884. The van der Waals surface area contributed by atoms with Gasteiger partial charge in [-0.1, -0.05) is 34.0 Å². The summed E-state index contributed by atoms with van der Waals surface area (Å²) in [7, 11) is 0. The van der Waals surface area contributed by atoms with Crippen LogP contribution in [0.1, 0.15) is 29.6 Å². The highest BCUT2D eigenvalue weighted by molar-refractivity contribution is 9.10. The van der Waals surface area contributed by atoms with Gasteiger partial charge in [0.15, 0.2) is 0 Å². The zero-order chi connectivity index (χ0) is 14.0. The van der Waals surface area contributed by atoms with Crippen molar-refractivity contribution in [2.24, 2.45) is 5.92 Å². The summed E-state index contributed by atoms with van der Waals surface area (Å²) in [5, 5.41) is 12.2. The van der Waals surface area contributed by atoms with Crippen LogP contribution in [0.5, 0.6) is 0 Å². The minimum Gasteiger partial charge on any atom is -0.481 e. The molecule has 0 heterocycles. The number of aliphatic carboxylic acids is 1. The maximum Gasteiger partial charge on any atom is 0.308 e. The van der Waals surface area contributed by atoms with Crippen molar-refractivity contribution in [1.82, 2.24) is 5.32 Å². The van der Waals surface area contributed by atoms with Gasteiger partial charge < -0.3 is 10.4 Å². The SMILES string of the molecule is O=C(N[C@H]1CCC[C@H]1C(=O)O)c1ccc(Br)cc1Cl. The van der Waals surface area contributed by atoms with Crippen molar-refractivity contribution >= 4 is 39.4 Å². The van der Waals surface area contributed by atoms with Gasteiger partial charge in [0.25, 0.3) is 5.91 Å². The lowest BCUT2D eigenvalue weighted by molar-refractivity contribution is -0.142. The molecule has 4 nitrogen and oxygen atoms in total. The van der Waals surface area contributed by atoms with Crippen LogP contribution in [0.2, 0.25) is 5.02 Å². The fraction of sp³-hybridized carbons (Fsp3) is 0.385. The van der Waals surface area contributed by atoms with Gasteiger partial charge in [0.2, 0.25) is 0 Å². The molecule has 0 aromatic heterocycles. The molecule has 2 atom stereocenters. The van der Waals surface area contributed by atoms with E-state index in [1.165, 1.54) is 0 Å². The largest absolute Gasteiger partial charge is 0.481 e. The second-order valence-corrected chi connectivity index (χ2v) is 5.90. The summed E-state index contributed by atoms with van der Waals surface area (Å²) in [6, 6.07) is 4.67. The van der Waals surface area contributed by atoms with Gasteiger partial charge >= 0.3 is 5.97 Å². The van der Waals surface area contributed by atoms with Crippen LogP contribution in [0.3, 0.4) is 0 Å². The summed E-state index contributed by atoms with van der Waals surface area (Å²) < 4.78 is 0.790. The zero-order valence-electron chi connectivity index (χ0n) is 10.0. The van der Waals surface area contributed by atoms with Gasteiger partial charge in [-0.15, -0.1) is 0 Å². The zero-order valence-corrected chi connectivity index (χ0v) is 12.4. The normalized spacial score (nSPS) is 22.2. The van der Waals surface area contributed by atoms with Crippen LogP contribution in [0, 0.1) is 5.92 Å². The van der Waals surface area contributed by atoms with E-state index >= 15 is 0 Å². The van der Waals surface area contributed by atoms with E-state index in [1.807, 2.05) is 0 Å². The molecule has 1 aliphatic rings. The first-order valence-corrected chi connectivity index (χ1v) is 7.15. The number of carboxylic acid groups (broad SMARTS) is 1. The number of halogens is 2. The summed E-state index contributed by atoms with van der Waals surface area (Å²) in [6.07, 6.45) is 2.11. The molecule has 0 bridgehead atoms. The third-order valence-electron chi connectivity index (χ3n) is 3.33. The molecule has 2 rings (SSSR count). The number of rotatable bonds is 3. The van der Waals surface area contributed by atoms with Gasteiger partial charge in [0.05, 0.1) is 16.5 Å². The van der Waals surface area contributed by atoms with Gasteiger partial charge in [-0.25, -0.2) is 0 Å². The number of carbonyl (C=O) groups excluding carboxylic acids is 1. The molecule has 1 amide bonds. The van der Waals surface area contributed by atoms with E-state index in [1.54, 1.807) is 18.2 Å². The summed E-state index contributed by atoms with van der Waals surface area (Å²) >= 11 is 9.27. The van der Waals surface area contributed by atoms with Crippen molar-refractivity contribution < 1.29 is 14.7 Å². The maximum atomic E-state index is 12.1. The lowest BCUT2D eigenvalue weighted by Gasteiger charge is -2.18. The number of nitrogens with one attached hydrogen (secondary N) is 1. The van der Waals surface area contributed by atoms with Crippen molar-refractivity contribution in [2.45, 2.75) is 25.3 Å². The van der Waals surface area contributed by atoms with Crippen molar-refractivity contribution in [1.29, 1.82) is 0 Å². The van der Waals surface area contributed by atoms with Crippen LogP contribution in [0.25, 0.3) is 0 Å². The molecule has 1 saturated carbocycles. The average Bonchev–Trinajstić information content (AvgIpc) is 2.76. The highest BCUT2D eigenvalue weighted by atomic mass is 79.9. The van der Waals surface area contributed by atoms with E-state index in [4.69, 9.17) is 16.7 Å². The van der Waals surface area contributed by atoms with Crippen LogP contribution in [0.4, 0.5) is 0 Å². The smallest absolute Gasteiger partial charge is 0.308 e. The Morgan fingerprint density at radius 1 is 1.37 bits per heavy atom. The van der Waals surface area contributed by atoms with E-state index in [-0.39, 0.29) is 11.9 Å². The molecule has 0 spiro atoms. The first-order chi connectivity index (χ1) is 8.99. The third-order valence-corrected chi connectivity index (χ3v) is 4.13. The minimum atomic E-state index is -0.857. The lowest BCUT2D eigenvalue weighted by atomic mass is 10.0. The average molecular weight is 347 g/mol. The molecule has 1 aliphatic carbocycles. The molecule has 19 heavy (non-hydrogen) atoms. The van der Waals surface area contributed by atoms with Gasteiger partial charge in [0, 0.05) is 10.5 Å². The minimum absolute atomic E-state index is 0.315. The van der Waals surface area contributed by atoms with E-state index in [2.05, 4.69) is 21.2 Å². The topological polar surface area (TPSA) is 66.4 Å². The predicted octanol–water partition coefficient (Wildman–Crippen LogP) is 3.09. The van der Waals surface area contributed by atoms with Gasteiger partial charge in [-0.2, -0.15) is 0 Å². The number of amides is 1. The highest BCUT2D eigenvalue weighted by Gasteiger charge is 2.34. The fourth-order valence-electron chi connectivity index (χ4n) is 2.35. The van der Waals surface area contributed by atoms with Crippen molar-refractivity contribution in [2.75, 3.05) is 0 Å².